The van der Waals surface area contributed by atoms with E-state index in [-0.39, 0.29) is 0 Å². The first kappa shape index (κ1) is 9.46. The van der Waals surface area contributed by atoms with E-state index in [1.54, 1.807) is 0 Å². The van der Waals surface area contributed by atoms with Crippen LogP contribution in [0.4, 0.5) is 0 Å². The predicted molar refractivity (Wildman–Crippen MR) is 64.8 cm³/mol. The lowest BCUT2D eigenvalue weighted by molar-refractivity contribution is 0.551. The smallest absolute Gasteiger partial charge is 0.134 e. The Balaban J connectivity index is 1.74. The molecular weight excluding hydrogens is 200 g/mol. The maximum atomic E-state index is 5.75. The highest BCUT2D eigenvalue weighted by atomic mass is 16.3. The number of furan rings is 1. The lowest BCUT2D eigenvalue weighted by atomic mass is 10.2. The molecule has 3 nitrogen and oxygen atoms in total. The Morgan fingerprint density at radius 3 is 3.00 bits per heavy atom. The van der Waals surface area contributed by atoms with Gasteiger partial charge in [0.2, 0.25) is 0 Å². The Morgan fingerprint density at radius 1 is 1.25 bits per heavy atom. The molecule has 0 amide bonds. The fourth-order valence-corrected chi connectivity index (χ4v) is 2.02. The normalized spacial score (nSPS) is 15.1. The summed E-state index contributed by atoms with van der Waals surface area (Å²) in [6.07, 6.45) is 1.86. The minimum atomic E-state index is 0.912. The number of hydrogen-bond acceptors (Lipinski definition) is 3. The van der Waals surface area contributed by atoms with Gasteiger partial charge in [-0.05, 0) is 12.1 Å². The topological polar surface area (TPSA) is 37.5 Å². The number of nitrogens with one attached hydrogen (secondary N) is 1. The van der Waals surface area contributed by atoms with Crippen molar-refractivity contribution in [3.05, 3.63) is 36.1 Å². The molecule has 0 bridgehead atoms. The summed E-state index contributed by atoms with van der Waals surface area (Å²) in [7, 11) is 0. The number of hydrogen-bond donors (Lipinski definition) is 1. The predicted octanol–water partition coefficient (Wildman–Crippen LogP) is 2.37. The lowest BCUT2D eigenvalue weighted by Crippen LogP contribution is -2.18. The summed E-state index contributed by atoms with van der Waals surface area (Å²) in [5, 5.41) is 4.45. The summed E-state index contributed by atoms with van der Waals surface area (Å²) in [6, 6.07) is 10.2. The highest BCUT2D eigenvalue weighted by Crippen LogP contribution is 2.19. The van der Waals surface area contributed by atoms with Crippen LogP contribution in [-0.4, -0.2) is 18.9 Å². The third-order valence-electron chi connectivity index (χ3n) is 2.83. The Kier molecular flexibility index (Phi) is 2.37. The van der Waals surface area contributed by atoms with E-state index in [2.05, 4.69) is 22.4 Å². The molecule has 1 aliphatic rings. The molecule has 1 N–H and O–H groups in total. The number of amidine groups is 1. The molecule has 0 saturated heterocycles. The van der Waals surface area contributed by atoms with E-state index in [0.717, 1.165) is 43.1 Å². The molecule has 3 heteroatoms. The summed E-state index contributed by atoms with van der Waals surface area (Å²) in [5.74, 6) is 2.15. The largest absolute Gasteiger partial charge is 0.461 e. The van der Waals surface area contributed by atoms with E-state index in [1.165, 1.54) is 5.39 Å². The highest BCUT2D eigenvalue weighted by Gasteiger charge is 2.07. The second-order valence-corrected chi connectivity index (χ2v) is 4.01. The molecular formula is C13H14N2O. The van der Waals surface area contributed by atoms with Crippen LogP contribution in [0.15, 0.2) is 39.7 Å². The minimum absolute atomic E-state index is 0.912. The Bertz CT molecular complexity index is 494. The number of benzene rings is 1. The van der Waals surface area contributed by atoms with Crippen LogP contribution in [0.25, 0.3) is 11.0 Å². The molecule has 0 saturated carbocycles. The zero-order chi connectivity index (χ0) is 10.8. The summed E-state index contributed by atoms with van der Waals surface area (Å²) in [4.78, 5) is 4.37. The molecule has 16 heavy (non-hydrogen) atoms. The average molecular weight is 214 g/mol. The van der Waals surface area contributed by atoms with Crippen molar-refractivity contribution >= 4 is 16.8 Å². The Hall–Kier alpha value is -1.77. The molecule has 0 radical (unpaired) electrons. The fourth-order valence-electron chi connectivity index (χ4n) is 2.02. The monoisotopic (exact) mass is 214 g/mol. The van der Waals surface area contributed by atoms with Crippen LogP contribution in [0, 0.1) is 0 Å². The Morgan fingerprint density at radius 2 is 2.19 bits per heavy atom. The first-order valence-electron chi connectivity index (χ1n) is 5.66. The molecule has 82 valence electrons. The molecule has 3 rings (SSSR count). The number of aliphatic imine (C=N–C) groups is 1. The van der Waals surface area contributed by atoms with Gasteiger partial charge in [0.05, 0.1) is 12.4 Å². The van der Waals surface area contributed by atoms with Gasteiger partial charge in [0.1, 0.15) is 11.3 Å². The van der Waals surface area contributed by atoms with Crippen LogP contribution in [-0.2, 0) is 6.42 Å². The van der Waals surface area contributed by atoms with Gasteiger partial charge in [0, 0.05) is 24.8 Å². The summed E-state index contributed by atoms with van der Waals surface area (Å²) >= 11 is 0. The number of nitrogens with zero attached hydrogens (tertiary/aromatic N) is 1. The maximum Gasteiger partial charge on any atom is 0.134 e. The van der Waals surface area contributed by atoms with Gasteiger partial charge in [-0.2, -0.15) is 0 Å². The first-order chi connectivity index (χ1) is 7.92. The lowest BCUT2D eigenvalue weighted by Gasteiger charge is -1.98. The van der Waals surface area contributed by atoms with E-state index in [0.29, 0.717) is 0 Å². The highest BCUT2D eigenvalue weighted by molar-refractivity contribution is 5.84. The van der Waals surface area contributed by atoms with Crippen LogP contribution >= 0.6 is 0 Å². The third kappa shape index (κ3) is 1.81. The van der Waals surface area contributed by atoms with Crippen molar-refractivity contribution in [2.75, 3.05) is 13.1 Å². The van der Waals surface area contributed by atoms with Gasteiger partial charge in [-0.25, -0.2) is 0 Å². The van der Waals surface area contributed by atoms with Gasteiger partial charge >= 0.3 is 0 Å². The second kappa shape index (κ2) is 4.00. The fraction of sp³-hybridized carbons (Fsp3) is 0.308. The molecule has 0 aliphatic carbocycles. The van der Waals surface area contributed by atoms with E-state index in [9.17, 15) is 0 Å². The second-order valence-electron chi connectivity index (χ2n) is 4.01. The van der Waals surface area contributed by atoms with Crippen LogP contribution in [0.3, 0.4) is 0 Å². The van der Waals surface area contributed by atoms with Crippen molar-refractivity contribution in [2.45, 2.75) is 12.8 Å². The van der Waals surface area contributed by atoms with Gasteiger partial charge in [-0.1, -0.05) is 18.2 Å². The SMILES string of the molecule is c1ccc2oc(CCC3=NCCN3)cc2c1. The standard InChI is InChI=1S/C13H14N2O/c1-2-4-12-10(3-1)9-11(16-12)5-6-13-14-7-8-15-13/h1-4,9H,5-8H2,(H,14,15). The van der Waals surface area contributed by atoms with E-state index < -0.39 is 0 Å². The molecule has 2 heterocycles. The quantitative estimate of drug-likeness (QED) is 0.851. The summed E-state index contributed by atoms with van der Waals surface area (Å²) in [6.45, 7) is 1.89. The van der Waals surface area contributed by atoms with Crippen molar-refractivity contribution < 1.29 is 4.42 Å². The number of fused-ring (bicyclic) bond motifs is 1. The van der Waals surface area contributed by atoms with Crippen molar-refractivity contribution in [1.82, 2.24) is 5.32 Å². The molecule has 0 fully saturated rings. The minimum Gasteiger partial charge on any atom is -0.461 e. The maximum absolute atomic E-state index is 5.75. The van der Waals surface area contributed by atoms with E-state index >= 15 is 0 Å². The zero-order valence-electron chi connectivity index (χ0n) is 9.07. The van der Waals surface area contributed by atoms with Gasteiger partial charge in [-0.15, -0.1) is 0 Å². The van der Waals surface area contributed by atoms with Crippen LogP contribution in [0.5, 0.6) is 0 Å². The van der Waals surface area contributed by atoms with Crippen molar-refractivity contribution in [2.24, 2.45) is 4.99 Å². The number of aryl methyl sites for hydroxylation is 1. The molecule has 1 aliphatic heterocycles. The molecule has 1 aromatic heterocycles. The van der Waals surface area contributed by atoms with Crippen LogP contribution < -0.4 is 5.32 Å². The average Bonchev–Trinajstić information content (AvgIpc) is 2.95. The van der Waals surface area contributed by atoms with Crippen molar-refractivity contribution in [1.29, 1.82) is 0 Å². The molecule has 0 atom stereocenters. The van der Waals surface area contributed by atoms with E-state index in [1.807, 2.05) is 18.2 Å². The molecule has 2 aromatic rings. The first-order valence-corrected chi connectivity index (χ1v) is 5.66. The summed E-state index contributed by atoms with van der Waals surface area (Å²) in [5.41, 5.74) is 0.971. The molecule has 1 aromatic carbocycles. The van der Waals surface area contributed by atoms with Crippen LogP contribution in [0.1, 0.15) is 12.2 Å². The van der Waals surface area contributed by atoms with E-state index in [4.69, 9.17) is 4.42 Å². The van der Waals surface area contributed by atoms with Gasteiger partial charge in [0.15, 0.2) is 0 Å². The van der Waals surface area contributed by atoms with Gasteiger partial charge in [-0.3, -0.25) is 4.99 Å². The zero-order valence-corrected chi connectivity index (χ0v) is 9.07. The Labute approximate surface area is 94.2 Å². The van der Waals surface area contributed by atoms with Crippen molar-refractivity contribution in [3.63, 3.8) is 0 Å². The summed E-state index contributed by atoms with van der Waals surface area (Å²) < 4.78 is 5.75. The van der Waals surface area contributed by atoms with Gasteiger partial charge in [0.25, 0.3) is 0 Å². The third-order valence-corrected chi connectivity index (χ3v) is 2.83. The number of para-hydroxylation sites is 1. The molecule has 0 spiro atoms. The molecule has 0 unspecified atom stereocenters. The number of rotatable bonds is 3. The van der Waals surface area contributed by atoms with Crippen LogP contribution in [0.2, 0.25) is 0 Å². The van der Waals surface area contributed by atoms with Gasteiger partial charge < -0.3 is 9.73 Å². The van der Waals surface area contributed by atoms with Crippen molar-refractivity contribution in [3.8, 4) is 0 Å².